The first-order valence-electron chi connectivity index (χ1n) is 8.40. The average Bonchev–Trinajstić information content (AvgIpc) is 2.95. The van der Waals surface area contributed by atoms with E-state index in [1.165, 1.54) is 5.56 Å². The van der Waals surface area contributed by atoms with Gasteiger partial charge in [-0.05, 0) is 37.3 Å². The summed E-state index contributed by atoms with van der Waals surface area (Å²) in [7, 11) is 0. The zero-order valence-corrected chi connectivity index (χ0v) is 14.5. The molecule has 4 heteroatoms. The molecule has 0 radical (unpaired) electrons. The molecule has 1 aliphatic rings. The number of carbonyl (C=O) groups is 2. The van der Waals surface area contributed by atoms with E-state index in [9.17, 15) is 9.59 Å². The third-order valence-corrected chi connectivity index (χ3v) is 4.34. The van der Waals surface area contributed by atoms with Crippen LogP contribution in [0.5, 0.6) is 0 Å². The minimum Gasteiger partial charge on any atom is -0.460 e. The Bertz CT molecular complexity index is 550. The maximum absolute atomic E-state index is 12.3. The van der Waals surface area contributed by atoms with E-state index < -0.39 is 0 Å². The molecule has 2 rings (SSSR count). The quantitative estimate of drug-likeness (QED) is 0.820. The molecule has 1 heterocycles. The van der Waals surface area contributed by atoms with Crippen LogP contribution in [0.4, 0.5) is 0 Å². The largest absolute Gasteiger partial charge is 0.460 e. The van der Waals surface area contributed by atoms with Crippen LogP contribution in [0.3, 0.4) is 0 Å². The molecule has 0 saturated carbocycles. The number of rotatable bonds is 6. The fourth-order valence-corrected chi connectivity index (χ4v) is 2.92. The number of hydrogen-bond donors (Lipinski definition) is 1. The number of nitrogens with one attached hydrogen (secondary N) is 1. The smallest absolute Gasteiger partial charge is 0.313 e. The van der Waals surface area contributed by atoms with Crippen molar-refractivity contribution in [3.05, 3.63) is 35.4 Å². The van der Waals surface area contributed by atoms with Gasteiger partial charge >= 0.3 is 5.97 Å². The number of ether oxygens (including phenoxy) is 1. The van der Waals surface area contributed by atoms with Crippen LogP contribution in [0.2, 0.25) is 0 Å². The minimum atomic E-state index is -0.292. The van der Waals surface area contributed by atoms with Crippen LogP contribution in [-0.4, -0.2) is 30.4 Å². The molecule has 3 atom stereocenters. The molecule has 1 fully saturated rings. The molecule has 126 valence electrons. The molecule has 0 spiro atoms. The van der Waals surface area contributed by atoms with Crippen LogP contribution in [0.1, 0.15) is 51.2 Å². The second-order valence-corrected chi connectivity index (χ2v) is 6.93. The van der Waals surface area contributed by atoms with Gasteiger partial charge in [-0.2, -0.15) is 0 Å². The SMILES string of the molecule is CC(=O)[C@@H]1C[C@@H](OC(=O)C(C)c2ccc(CC(C)C)cc2)CN1. The van der Waals surface area contributed by atoms with Crippen LogP contribution >= 0.6 is 0 Å². The highest BCUT2D eigenvalue weighted by atomic mass is 16.5. The van der Waals surface area contributed by atoms with E-state index in [2.05, 4.69) is 31.3 Å². The van der Waals surface area contributed by atoms with Gasteiger partial charge in [0.1, 0.15) is 11.9 Å². The van der Waals surface area contributed by atoms with Crippen molar-refractivity contribution in [1.29, 1.82) is 0 Å². The van der Waals surface area contributed by atoms with Gasteiger partial charge in [0.15, 0.2) is 0 Å². The van der Waals surface area contributed by atoms with E-state index >= 15 is 0 Å². The van der Waals surface area contributed by atoms with Crippen LogP contribution in [0.25, 0.3) is 0 Å². The number of benzene rings is 1. The Kier molecular flexibility index (Phi) is 5.94. The average molecular weight is 317 g/mol. The van der Waals surface area contributed by atoms with Crippen molar-refractivity contribution < 1.29 is 14.3 Å². The van der Waals surface area contributed by atoms with Gasteiger partial charge in [0.2, 0.25) is 0 Å². The molecule has 23 heavy (non-hydrogen) atoms. The van der Waals surface area contributed by atoms with Crippen molar-refractivity contribution in [3.63, 3.8) is 0 Å². The third-order valence-electron chi connectivity index (χ3n) is 4.34. The molecule has 0 aromatic heterocycles. The number of ketones is 1. The lowest BCUT2D eigenvalue weighted by molar-refractivity contribution is -0.149. The highest BCUT2D eigenvalue weighted by Gasteiger charge is 2.31. The third kappa shape index (κ3) is 4.90. The van der Waals surface area contributed by atoms with E-state index in [0.29, 0.717) is 18.9 Å². The summed E-state index contributed by atoms with van der Waals surface area (Å²) in [5, 5.41) is 3.09. The Morgan fingerprint density at radius 1 is 1.22 bits per heavy atom. The summed E-state index contributed by atoms with van der Waals surface area (Å²) >= 11 is 0. The topological polar surface area (TPSA) is 55.4 Å². The molecular formula is C19H27NO3. The lowest BCUT2D eigenvalue weighted by Crippen LogP contribution is -2.28. The van der Waals surface area contributed by atoms with E-state index in [1.54, 1.807) is 6.92 Å². The molecule has 1 aromatic carbocycles. The van der Waals surface area contributed by atoms with Crippen molar-refractivity contribution in [2.45, 2.75) is 58.6 Å². The minimum absolute atomic E-state index is 0.0948. The fraction of sp³-hybridized carbons (Fsp3) is 0.579. The Morgan fingerprint density at radius 2 is 1.87 bits per heavy atom. The Balaban J connectivity index is 1.91. The van der Waals surface area contributed by atoms with Gasteiger partial charge in [0.25, 0.3) is 0 Å². The zero-order chi connectivity index (χ0) is 17.0. The predicted molar refractivity (Wildman–Crippen MR) is 90.4 cm³/mol. The van der Waals surface area contributed by atoms with E-state index in [-0.39, 0.29) is 29.8 Å². The lowest BCUT2D eigenvalue weighted by Gasteiger charge is -2.16. The van der Waals surface area contributed by atoms with Crippen LogP contribution in [0.15, 0.2) is 24.3 Å². The monoisotopic (exact) mass is 317 g/mol. The molecule has 1 saturated heterocycles. The maximum Gasteiger partial charge on any atom is 0.313 e. The maximum atomic E-state index is 12.3. The lowest BCUT2D eigenvalue weighted by atomic mass is 9.97. The molecule has 1 aromatic rings. The van der Waals surface area contributed by atoms with Crippen LogP contribution in [0, 0.1) is 5.92 Å². The standard InChI is InChI=1S/C19H27NO3/c1-12(2)9-15-5-7-16(8-6-15)13(3)19(22)23-17-10-18(14(4)21)20-11-17/h5-8,12-13,17-18,20H,9-11H2,1-4H3/t13?,17-,18+/m1/s1. The Morgan fingerprint density at radius 3 is 2.39 bits per heavy atom. The van der Waals surface area contributed by atoms with Gasteiger partial charge in [-0.25, -0.2) is 0 Å². The second-order valence-electron chi connectivity index (χ2n) is 6.93. The number of Topliss-reactive ketones (excluding diaryl/α,β-unsaturated/α-hetero) is 1. The Hall–Kier alpha value is -1.68. The zero-order valence-electron chi connectivity index (χ0n) is 14.5. The molecule has 1 unspecified atom stereocenters. The van der Waals surface area contributed by atoms with Crippen molar-refractivity contribution in [1.82, 2.24) is 5.32 Å². The molecule has 0 aliphatic carbocycles. The highest BCUT2D eigenvalue weighted by molar-refractivity contribution is 5.82. The summed E-state index contributed by atoms with van der Waals surface area (Å²) in [6.07, 6.45) is 1.40. The summed E-state index contributed by atoms with van der Waals surface area (Å²) in [6.45, 7) is 8.36. The number of hydrogen-bond acceptors (Lipinski definition) is 4. The molecule has 4 nitrogen and oxygen atoms in total. The van der Waals surface area contributed by atoms with E-state index in [1.807, 2.05) is 19.1 Å². The first-order valence-corrected chi connectivity index (χ1v) is 8.40. The van der Waals surface area contributed by atoms with Gasteiger partial charge in [-0.1, -0.05) is 38.1 Å². The van der Waals surface area contributed by atoms with Gasteiger partial charge in [-0.15, -0.1) is 0 Å². The molecule has 0 amide bonds. The van der Waals surface area contributed by atoms with Gasteiger partial charge < -0.3 is 10.1 Å². The summed E-state index contributed by atoms with van der Waals surface area (Å²) in [5.74, 6) is 0.196. The summed E-state index contributed by atoms with van der Waals surface area (Å²) in [4.78, 5) is 23.6. The van der Waals surface area contributed by atoms with Gasteiger partial charge in [-0.3, -0.25) is 9.59 Å². The first-order chi connectivity index (χ1) is 10.9. The van der Waals surface area contributed by atoms with Crippen LogP contribution < -0.4 is 5.32 Å². The van der Waals surface area contributed by atoms with E-state index in [0.717, 1.165) is 12.0 Å². The highest BCUT2D eigenvalue weighted by Crippen LogP contribution is 2.21. The second kappa shape index (κ2) is 7.73. The molecule has 0 bridgehead atoms. The summed E-state index contributed by atoms with van der Waals surface area (Å²) < 4.78 is 5.55. The fourth-order valence-electron chi connectivity index (χ4n) is 2.92. The van der Waals surface area contributed by atoms with Gasteiger partial charge in [0, 0.05) is 13.0 Å². The molecule has 1 aliphatic heterocycles. The summed E-state index contributed by atoms with van der Waals surface area (Å²) in [5.41, 5.74) is 2.25. The summed E-state index contributed by atoms with van der Waals surface area (Å²) in [6, 6.07) is 8.01. The molecular weight excluding hydrogens is 290 g/mol. The van der Waals surface area contributed by atoms with Crippen molar-refractivity contribution in [2.75, 3.05) is 6.54 Å². The van der Waals surface area contributed by atoms with Crippen LogP contribution in [-0.2, 0) is 20.7 Å². The molecule has 1 N–H and O–H groups in total. The normalized spacial score (nSPS) is 22.1. The predicted octanol–water partition coefficient (Wildman–Crippen LogP) is 2.85. The van der Waals surface area contributed by atoms with Gasteiger partial charge in [0.05, 0.1) is 12.0 Å². The number of esters is 1. The Labute approximate surface area is 138 Å². The number of carbonyl (C=O) groups excluding carboxylic acids is 2. The van der Waals surface area contributed by atoms with Crippen molar-refractivity contribution in [3.8, 4) is 0 Å². The van der Waals surface area contributed by atoms with E-state index in [4.69, 9.17) is 4.74 Å². The van der Waals surface area contributed by atoms with Crippen molar-refractivity contribution in [2.24, 2.45) is 5.92 Å². The first kappa shape index (κ1) is 17.7. The van der Waals surface area contributed by atoms with Crippen molar-refractivity contribution >= 4 is 11.8 Å².